The lowest BCUT2D eigenvalue weighted by atomic mass is 10.1. The van der Waals surface area contributed by atoms with Crippen molar-refractivity contribution in [2.45, 2.75) is 45.2 Å². The molecule has 2 rings (SSSR count). The minimum Gasteiger partial charge on any atom is -0.356 e. The summed E-state index contributed by atoms with van der Waals surface area (Å²) in [5.41, 5.74) is 0. The molecule has 22 heavy (non-hydrogen) atoms. The number of nitrogens with one attached hydrogen (secondary N) is 2. The first-order valence-electron chi connectivity index (χ1n) is 8.29. The smallest absolute Gasteiger partial charge is 0.191 e. The molecule has 2 atom stereocenters. The number of likely N-dealkylation sites (N-methyl/N-ethyl adjacent to an activating group) is 1. The number of hydrogen-bond donors (Lipinski definition) is 2. The molecule has 4 nitrogen and oxygen atoms in total. The highest BCUT2D eigenvalue weighted by atomic mass is 32.1. The maximum Gasteiger partial charge on any atom is 0.191 e. The molecule has 1 fully saturated rings. The lowest BCUT2D eigenvalue weighted by molar-refractivity contribution is 0.247. The first-order chi connectivity index (χ1) is 10.6. The second-order valence-corrected chi connectivity index (χ2v) is 7.50. The Bertz CT molecular complexity index is 453. The van der Waals surface area contributed by atoms with E-state index in [1.54, 1.807) is 0 Å². The van der Waals surface area contributed by atoms with Crippen molar-refractivity contribution in [3.63, 3.8) is 0 Å². The van der Waals surface area contributed by atoms with Crippen molar-refractivity contribution < 1.29 is 0 Å². The minimum absolute atomic E-state index is 0.537. The Hall–Kier alpha value is -1.07. The van der Waals surface area contributed by atoms with E-state index in [0.29, 0.717) is 12.0 Å². The van der Waals surface area contributed by atoms with Crippen molar-refractivity contribution in [3.05, 3.63) is 22.4 Å². The maximum absolute atomic E-state index is 4.33. The average Bonchev–Trinajstić information content (AvgIpc) is 3.24. The number of aliphatic imine (C=N–C) groups is 1. The van der Waals surface area contributed by atoms with Crippen LogP contribution >= 0.6 is 11.3 Å². The molecule has 5 heteroatoms. The average molecular weight is 323 g/mol. The molecule has 2 N–H and O–H groups in total. The summed E-state index contributed by atoms with van der Waals surface area (Å²) in [6.45, 7) is 6.44. The third-order valence-electron chi connectivity index (χ3n) is 4.35. The lowest BCUT2D eigenvalue weighted by Gasteiger charge is -2.25. The van der Waals surface area contributed by atoms with Crippen molar-refractivity contribution in [1.29, 1.82) is 0 Å². The van der Waals surface area contributed by atoms with E-state index in [1.807, 2.05) is 18.4 Å². The van der Waals surface area contributed by atoms with Crippen LogP contribution in [0.1, 0.15) is 31.6 Å². The standard InChI is InChI=1S/C17H30N4S/c1-13(10-16-6-5-9-22-16)11-19-17(18-3)20-12-14(2)21(4)15-7-8-15/h5-6,9,13-15H,7-8,10-12H2,1-4H3,(H2,18,19,20). The number of rotatable bonds is 8. The predicted molar refractivity (Wildman–Crippen MR) is 96.8 cm³/mol. The normalized spacial score (nSPS) is 18.3. The molecule has 1 aromatic heterocycles. The van der Waals surface area contributed by atoms with E-state index in [0.717, 1.165) is 31.5 Å². The zero-order valence-electron chi connectivity index (χ0n) is 14.3. The van der Waals surface area contributed by atoms with E-state index in [4.69, 9.17) is 0 Å². The van der Waals surface area contributed by atoms with E-state index in [2.05, 4.69) is 58.9 Å². The van der Waals surface area contributed by atoms with Gasteiger partial charge in [-0.1, -0.05) is 13.0 Å². The number of guanidine groups is 1. The van der Waals surface area contributed by atoms with Crippen LogP contribution in [0.4, 0.5) is 0 Å². The van der Waals surface area contributed by atoms with Crippen LogP contribution in [0.5, 0.6) is 0 Å². The fourth-order valence-corrected chi connectivity index (χ4v) is 3.44. The van der Waals surface area contributed by atoms with Gasteiger partial charge in [-0.05, 0) is 50.6 Å². The zero-order valence-corrected chi connectivity index (χ0v) is 15.1. The number of nitrogens with zero attached hydrogens (tertiary/aromatic N) is 2. The Balaban J connectivity index is 1.66. The Kier molecular flexibility index (Phi) is 6.70. The van der Waals surface area contributed by atoms with Crippen molar-refractivity contribution in [1.82, 2.24) is 15.5 Å². The van der Waals surface area contributed by atoms with Crippen LogP contribution in [-0.4, -0.2) is 50.1 Å². The molecule has 1 saturated carbocycles. The summed E-state index contributed by atoms with van der Waals surface area (Å²) < 4.78 is 0. The van der Waals surface area contributed by atoms with Gasteiger partial charge in [0.05, 0.1) is 0 Å². The topological polar surface area (TPSA) is 39.7 Å². The van der Waals surface area contributed by atoms with Gasteiger partial charge in [0.1, 0.15) is 0 Å². The molecule has 0 aliphatic heterocycles. The second-order valence-electron chi connectivity index (χ2n) is 6.47. The van der Waals surface area contributed by atoms with E-state index < -0.39 is 0 Å². The summed E-state index contributed by atoms with van der Waals surface area (Å²) in [4.78, 5) is 8.25. The highest BCUT2D eigenvalue weighted by molar-refractivity contribution is 7.09. The molecule has 0 aromatic carbocycles. The second kappa shape index (κ2) is 8.53. The molecule has 1 heterocycles. The Morgan fingerprint density at radius 3 is 2.68 bits per heavy atom. The molecule has 0 saturated heterocycles. The van der Waals surface area contributed by atoms with Gasteiger partial charge < -0.3 is 10.6 Å². The van der Waals surface area contributed by atoms with Gasteiger partial charge in [-0.25, -0.2) is 0 Å². The highest BCUT2D eigenvalue weighted by Crippen LogP contribution is 2.26. The molecule has 0 bridgehead atoms. The van der Waals surface area contributed by atoms with E-state index in [1.165, 1.54) is 17.7 Å². The van der Waals surface area contributed by atoms with Gasteiger partial charge in [-0.2, -0.15) is 0 Å². The predicted octanol–water partition coefficient (Wildman–Crippen LogP) is 2.57. The van der Waals surface area contributed by atoms with Crippen LogP contribution in [0.2, 0.25) is 0 Å². The van der Waals surface area contributed by atoms with Crippen molar-refractivity contribution in [2.75, 3.05) is 27.2 Å². The van der Waals surface area contributed by atoms with E-state index in [9.17, 15) is 0 Å². The maximum atomic E-state index is 4.33. The van der Waals surface area contributed by atoms with Gasteiger partial charge >= 0.3 is 0 Å². The van der Waals surface area contributed by atoms with Crippen molar-refractivity contribution in [2.24, 2.45) is 10.9 Å². The minimum atomic E-state index is 0.537. The molecular formula is C17H30N4S. The quantitative estimate of drug-likeness (QED) is 0.571. The fraction of sp³-hybridized carbons (Fsp3) is 0.706. The molecule has 1 aromatic rings. The zero-order chi connectivity index (χ0) is 15.9. The first kappa shape index (κ1) is 17.3. The van der Waals surface area contributed by atoms with E-state index in [-0.39, 0.29) is 0 Å². The SMILES string of the molecule is CN=C(NCC(C)Cc1cccs1)NCC(C)N(C)C1CC1. The molecule has 124 valence electrons. The fourth-order valence-electron chi connectivity index (χ4n) is 2.57. The monoisotopic (exact) mass is 322 g/mol. The van der Waals surface area contributed by atoms with Crippen molar-refractivity contribution in [3.8, 4) is 0 Å². The molecule has 0 spiro atoms. The largest absolute Gasteiger partial charge is 0.356 e. The van der Waals surface area contributed by atoms with Gasteiger partial charge in [-0.3, -0.25) is 9.89 Å². The third-order valence-corrected chi connectivity index (χ3v) is 5.25. The lowest BCUT2D eigenvalue weighted by Crippen LogP contribution is -2.46. The van der Waals surface area contributed by atoms with Crippen LogP contribution in [0.3, 0.4) is 0 Å². The number of thiophene rings is 1. The van der Waals surface area contributed by atoms with Crippen LogP contribution in [0.15, 0.2) is 22.5 Å². The Morgan fingerprint density at radius 1 is 1.36 bits per heavy atom. The van der Waals surface area contributed by atoms with Gasteiger partial charge in [0.15, 0.2) is 5.96 Å². The van der Waals surface area contributed by atoms with Gasteiger partial charge in [0.25, 0.3) is 0 Å². The summed E-state index contributed by atoms with van der Waals surface area (Å²) in [5, 5.41) is 9.04. The highest BCUT2D eigenvalue weighted by Gasteiger charge is 2.28. The number of hydrogen-bond acceptors (Lipinski definition) is 3. The van der Waals surface area contributed by atoms with Crippen LogP contribution in [-0.2, 0) is 6.42 Å². The summed E-state index contributed by atoms with van der Waals surface area (Å²) in [7, 11) is 4.07. The Morgan fingerprint density at radius 2 is 2.09 bits per heavy atom. The Labute approximate surface area is 139 Å². The summed E-state index contributed by atoms with van der Waals surface area (Å²) in [6, 6.07) is 5.68. The van der Waals surface area contributed by atoms with E-state index >= 15 is 0 Å². The summed E-state index contributed by atoms with van der Waals surface area (Å²) >= 11 is 1.84. The van der Waals surface area contributed by atoms with Gasteiger partial charge in [0, 0.05) is 37.1 Å². The summed E-state index contributed by atoms with van der Waals surface area (Å²) in [6.07, 6.45) is 3.84. The van der Waals surface area contributed by atoms with Crippen LogP contribution in [0.25, 0.3) is 0 Å². The third kappa shape index (κ3) is 5.61. The molecule has 1 aliphatic rings. The molecule has 0 radical (unpaired) electrons. The van der Waals surface area contributed by atoms with Gasteiger partial charge in [-0.15, -0.1) is 11.3 Å². The first-order valence-corrected chi connectivity index (χ1v) is 9.17. The molecule has 1 aliphatic carbocycles. The van der Waals surface area contributed by atoms with Crippen LogP contribution < -0.4 is 10.6 Å². The van der Waals surface area contributed by atoms with Crippen LogP contribution in [0, 0.1) is 5.92 Å². The van der Waals surface area contributed by atoms with Gasteiger partial charge in [0.2, 0.25) is 0 Å². The van der Waals surface area contributed by atoms with Crippen molar-refractivity contribution >= 4 is 17.3 Å². The summed E-state index contributed by atoms with van der Waals surface area (Å²) in [5.74, 6) is 1.51. The molecular weight excluding hydrogens is 292 g/mol. The molecule has 2 unspecified atom stereocenters. The molecule has 0 amide bonds.